The number of hydrogen-bond donors (Lipinski definition) is 1. The molecule has 0 radical (unpaired) electrons. The maximum Gasteiger partial charge on any atom is 0.153 e. The minimum Gasteiger partial charge on any atom is -0.369 e. The van der Waals surface area contributed by atoms with Crippen LogP contribution in [-0.2, 0) is 0 Å². The number of halogens is 1. The molecule has 0 aliphatic carbocycles. The molecule has 0 saturated carbocycles. The Labute approximate surface area is 119 Å². The van der Waals surface area contributed by atoms with Gasteiger partial charge in [-0.1, -0.05) is 6.07 Å². The molecule has 0 amide bonds. The first kappa shape index (κ1) is 14.4. The third-order valence-electron chi connectivity index (χ3n) is 3.32. The molecule has 4 heteroatoms. The number of rotatable bonds is 3. The lowest BCUT2D eigenvalue weighted by atomic mass is 10.0. The standard InChI is InChI=1S/C16H20FN3/c1-6-18-16-15(19-11(4)12(5)20-16)14-10(3)7-9(2)8-13(14)17/h7-8H,6H2,1-5H3,(H,18,20). The molecule has 0 fully saturated rings. The van der Waals surface area contributed by atoms with Crippen molar-refractivity contribution >= 4 is 5.82 Å². The number of anilines is 1. The fourth-order valence-corrected chi connectivity index (χ4v) is 2.28. The predicted octanol–water partition coefficient (Wildman–Crippen LogP) is 3.95. The number of aryl methyl sites for hydroxylation is 4. The monoisotopic (exact) mass is 273 g/mol. The third-order valence-corrected chi connectivity index (χ3v) is 3.32. The van der Waals surface area contributed by atoms with E-state index in [1.165, 1.54) is 6.07 Å². The molecule has 2 rings (SSSR count). The molecule has 3 nitrogen and oxygen atoms in total. The topological polar surface area (TPSA) is 37.8 Å². The van der Waals surface area contributed by atoms with Crippen LogP contribution in [0.25, 0.3) is 11.3 Å². The van der Waals surface area contributed by atoms with Crippen LogP contribution in [0.2, 0.25) is 0 Å². The first-order chi connectivity index (χ1) is 9.43. The average molecular weight is 273 g/mol. The summed E-state index contributed by atoms with van der Waals surface area (Å²) in [4.78, 5) is 9.05. The van der Waals surface area contributed by atoms with Crippen molar-refractivity contribution in [3.05, 3.63) is 40.5 Å². The fourth-order valence-electron chi connectivity index (χ4n) is 2.28. The number of aromatic nitrogens is 2. The molecule has 1 N–H and O–H groups in total. The van der Waals surface area contributed by atoms with E-state index < -0.39 is 0 Å². The second-order valence-corrected chi connectivity index (χ2v) is 5.06. The Balaban J connectivity index is 2.71. The highest BCUT2D eigenvalue weighted by Crippen LogP contribution is 2.31. The second kappa shape index (κ2) is 5.57. The Morgan fingerprint density at radius 3 is 2.30 bits per heavy atom. The summed E-state index contributed by atoms with van der Waals surface area (Å²) >= 11 is 0. The smallest absolute Gasteiger partial charge is 0.153 e. The van der Waals surface area contributed by atoms with Gasteiger partial charge in [-0.2, -0.15) is 0 Å². The summed E-state index contributed by atoms with van der Waals surface area (Å²) in [5, 5.41) is 3.17. The molecule has 0 saturated heterocycles. The van der Waals surface area contributed by atoms with Crippen LogP contribution in [0, 0.1) is 33.5 Å². The van der Waals surface area contributed by atoms with Crippen molar-refractivity contribution in [2.24, 2.45) is 0 Å². The van der Waals surface area contributed by atoms with Crippen LogP contribution < -0.4 is 5.32 Å². The molecule has 0 atom stereocenters. The first-order valence-electron chi connectivity index (χ1n) is 6.80. The van der Waals surface area contributed by atoms with Gasteiger partial charge in [0.25, 0.3) is 0 Å². The maximum atomic E-state index is 14.4. The lowest BCUT2D eigenvalue weighted by Gasteiger charge is -2.14. The largest absolute Gasteiger partial charge is 0.369 e. The zero-order chi connectivity index (χ0) is 14.9. The minimum absolute atomic E-state index is 0.251. The molecule has 0 bridgehead atoms. The van der Waals surface area contributed by atoms with Gasteiger partial charge >= 0.3 is 0 Å². The van der Waals surface area contributed by atoms with Crippen molar-refractivity contribution in [2.75, 3.05) is 11.9 Å². The first-order valence-corrected chi connectivity index (χ1v) is 6.80. The molecule has 2 aromatic rings. The van der Waals surface area contributed by atoms with Crippen molar-refractivity contribution in [3.8, 4) is 11.3 Å². The Morgan fingerprint density at radius 1 is 1.05 bits per heavy atom. The SMILES string of the molecule is CCNc1nc(C)c(C)nc1-c1c(C)cc(C)cc1F. The summed E-state index contributed by atoms with van der Waals surface area (Å²) in [6, 6.07) is 3.50. The van der Waals surface area contributed by atoms with E-state index >= 15 is 0 Å². The molecule has 0 aliphatic heterocycles. The average Bonchev–Trinajstić information content (AvgIpc) is 2.34. The van der Waals surface area contributed by atoms with Crippen LogP contribution in [0.3, 0.4) is 0 Å². The molecule has 106 valence electrons. The van der Waals surface area contributed by atoms with Crippen molar-refractivity contribution in [3.63, 3.8) is 0 Å². The van der Waals surface area contributed by atoms with Crippen LogP contribution in [-0.4, -0.2) is 16.5 Å². The highest BCUT2D eigenvalue weighted by Gasteiger charge is 2.17. The number of nitrogens with one attached hydrogen (secondary N) is 1. The Kier molecular flexibility index (Phi) is 4.02. The van der Waals surface area contributed by atoms with Crippen LogP contribution >= 0.6 is 0 Å². The summed E-state index contributed by atoms with van der Waals surface area (Å²) in [5.41, 5.74) is 4.58. The van der Waals surface area contributed by atoms with E-state index in [2.05, 4.69) is 15.3 Å². The fraction of sp³-hybridized carbons (Fsp3) is 0.375. The van der Waals surface area contributed by atoms with E-state index in [9.17, 15) is 4.39 Å². The normalized spacial score (nSPS) is 10.7. The van der Waals surface area contributed by atoms with Gasteiger partial charge in [0.15, 0.2) is 5.82 Å². The molecule has 1 aromatic carbocycles. The molecule has 0 spiro atoms. The van der Waals surface area contributed by atoms with Gasteiger partial charge in [-0.3, -0.25) is 0 Å². The van der Waals surface area contributed by atoms with E-state index in [4.69, 9.17) is 0 Å². The summed E-state index contributed by atoms with van der Waals surface area (Å²) in [7, 11) is 0. The van der Waals surface area contributed by atoms with E-state index in [0.29, 0.717) is 17.1 Å². The van der Waals surface area contributed by atoms with Crippen LogP contribution in [0.4, 0.5) is 10.2 Å². The van der Waals surface area contributed by atoms with E-state index in [1.807, 2.05) is 40.7 Å². The molecule has 1 heterocycles. The summed E-state index contributed by atoms with van der Waals surface area (Å²) in [5.74, 6) is 0.389. The zero-order valence-electron chi connectivity index (χ0n) is 12.6. The van der Waals surface area contributed by atoms with Gasteiger partial charge in [0, 0.05) is 12.1 Å². The van der Waals surface area contributed by atoms with Gasteiger partial charge in [-0.05, 0) is 51.8 Å². The van der Waals surface area contributed by atoms with Crippen LogP contribution in [0.1, 0.15) is 29.4 Å². The molecular formula is C16H20FN3. The lowest BCUT2D eigenvalue weighted by molar-refractivity contribution is 0.628. The van der Waals surface area contributed by atoms with Crippen molar-refractivity contribution in [1.82, 2.24) is 9.97 Å². The minimum atomic E-state index is -0.251. The second-order valence-electron chi connectivity index (χ2n) is 5.06. The van der Waals surface area contributed by atoms with Gasteiger partial charge in [0.2, 0.25) is 0 Å². The van der Waals surface area contributed by atoms with E-state index in [-0.39, 0.29) is 5.82 Å². The van der Waals surface area contributed by atoms with Gasteiger partial charge < -0.3 is 5.32 Å². The highest BCUT2D eigenvalue weighted by molar-refractivity contribution is 5.75. The van der Waals surface area contributed by atoms with Gasteiger partial charge in [-0.25, -0.2) is 14.4 Å². The van der Waals surface area contributed by atoms with Gasteiger partial charge in [0.1, 0.15) is 11.5 Å². The summed E-state index contributed by atoms with van der Waals surface area (Å²) < 4.78 is 14.4. The quantitative estimate of drug-likeness (QED) is 0.920. The molecule has 20 heavy (non-hydrogen) atoms. The Hall–Kier alpha value is -1.97. The van der Waals surface area contributed by atoms with Crippen molar-refractivity contribution in [2.45, 2.75) is 34.6 Å². The Bertz CT molecular complexity index is 627. The van der Waals surface area contributed by atoms with Gasteiger partial charge in [0.05, 0.1) is 11.4 Å². The molecule has 1 aromatic heterocycles. The van der Waals surface area contributed by atoms with Gasteiger partial charge in [-0.15, -0.1) is 0 Å². The third kappa shape index (κ3) is 2.64. The Morgan fingerprint density at radius 2 is 1.70 bits per heavy atom. The maximum absolute atomic E-state index is 14.4. The lowest BCUT2D eigenvalue weighted by Crippen LogP contribution is -2.07. The van der Waals surface area contributed by atoms with Crippen molar-refractivity contribution in [1.29, 1.82) is 0 Å². The van der Waals surface area contributed by atoms with Crippen LogP contribution in [0.5, 0.6) is 0 Å². The number of hydrogen-bond acceptors (Lipinski definition) is 3. The van der Waals surface area contributed by atoms with Crippen LogP contribution in [0.15, 0.2) is 12.1 Å². The summed E-state index contributed by atoms with van der Waals surface area (Å²) in [6.45, 7) is 10.3. The molecule has 0 aliphatic rings. The predicted molar refractivity (Wildman–Crippen MR) is 80.5 cm³/mol. The number of benzene rings is 1. The van der Waals surface area contributed by atoms with E-state index in [0.717, 1.165) is 29.1 Å². The summed E-state index contributed by atoms with van der Waals surface area (Å²) in [6.07, 6.45) is 0. The zero-order valence-corrected chi connectivity index (χ0v) is 12.6. The highest BCUT2D eigenvalue weighted by atomic mass is 19.1. The molecule has 0 unspecified atom stereocenters. The van der Waals surface area contributed by atoms with Crippen molar-refractivity contribution < 1.29 is 4.39 Å². The van der Waals surface area contributed by atoms with E-state index in [1.54, 1.807) is 0 Å². The molecular weight excluding hydrogens is 253 g/mol. The number of nitrogens with zero attached hydrogens (tertiary/aromatic N) is 2.